The second kappa shape index (κ2) is 11.9. The molecule has 0 bridgehead atoms. The Morgan fingerprint density at radius 1 is 1.36 bits per heavy atom. The molecule has 0 saturated carbocycles. The number of hydrogen-bond acceptors (Lipinski definition) is 11. The second-order valence-corrected chi connectivity index (χ2v) is 10.8. The molecule has 0 radical (unpaired) electrons. The number of carboxylic acid groups (broad SMARTS) is 1. The van der Waals surface area contributed by atoms with E-state index in [0.717, 1.165) is 11.8 Å². The Hall–Kier alpha value is -3.90. The normalized spacial score (nSPS) is 21.9. The highest BCUT2D eigenvalue weighted by atomic mass is 32.2. The Morgan fingerprint density at radius 2 is 2.15 bits per heavy atom. The zero-order valence-electron chi connectivity index (χ0n) is 20.4. The van der Waals surface area contributed by atoms with E-state index in [-0.39, 0.29) is 37.7 Å². The summed E-state index contributed by atoms with van der Waals surface area (Å²) in [6.45, 7) is 0.0117. The van der Waals surface area contributed by atoms with Gasteiger partial charge in [0, 0.05) is 36.0 Å². The number of carbonyl (C=O) groups excluding carboxylic acids is 4. The van der Waals surface area contributed by atoms with Crippen LogP contribution in [0.3, 0.4) is 0 Å². The van der Waals surface area contributed by atoms with Crippen LogP contribution in [-0.2, 0) is 25.7 Å². The third-order valence-corrected chi connectivity index (χ3v) is 9.06. The van der Waals surface area contributed by atoms with Gasteiger partial charge in [0.15, 0.2) is 0 Å². The van der Waals surface area contributed by atoms with Crippen LogP contribution in [0.15, 0.2) is 29.4 Å². The van der Waals surface area contributed by atoms with E-state index in [1.807, 2.05) is 0 Å². The van der Waals surface area contributed by atoms with Crippen molar-refractivity contribution in [1.29, 1.82) is 0 Å². The summed E-state index contributed by atoms with van der Waals surface area (Å²) in [7, 11) is 0. The summed E-state index contributed by atoms with van der Waals surface area (Å²) in [5.74, 6) is -1.72. The van der Waals surface area contributed by atoms with Crippen LogP contribution in [0.5, 0.6) is 0 Å². The maximum absolute atomic E-state index is 13.3. The number of hydrogen-bond donors (Lipinski definition) is 5. The van der Waals surface area contributed by atoms with Crippen molar-refractivity contribution in [3.63, 3.8) is 0 Å². The first-order valence-corrected chi connectivity index (χ1v) is 13.6. The van der Waals surface area contributed by atoms with Crippen molar-refractivity contribution in [3.8, 4) is 0 Å². The van der Waals surface area contributed by atoms with E-state index >= 15 is 0 Å². The lowest BCUT2D eigenvalue weighted by molar-refractivity contribution is -0.156. The minimum atomic E-state index is -1.30. The predicted octanol–water partition coefficient (Wildman–Crippen LogP) is -1.65. The molecule has 3 atom stereocenters. The summed E-state index contributed by atoms with van der Waals surface area (Å²) in [6.07, 6.45) is 0.501. The van der Waals surface area contributed by atoms with Crippen molar-refractivity contribution in [3.05, 3.63) is 24.3 Å². The number of urea groups is 1. The van der Waals surface area contributed by atoms with Gasteiger partial charge in [-0.25, -0.2) is 9.48 Å². The monoisotopic (exact) mass is 578 g/mol. The van der Waals surface area contributed by atoms with Crippen molar-refractivity contribution in [2.75, 3.05) is 41.4 Å². The number of anilines is 2. The van der Waals surface area contributed by atoms with E-state index in [4.69, 9.17) is 11.5 Å². The number of nitrogens with zero attached hydrogens (tertiary/aromatic N) is 6. The molecule has 39 heavy (non-hydrogen) atoms. The summed E-state index contributed by atoms with van der Waals surface area (Å²) in [6, 6.07) is 4.90. The smallest absolute Gasteiger partial charge is 0.313 e. The van der Waals surface area contributed by atoms with E-state index in [9.17, 15) is 29.1 Å². The van der Waals surface area contributed by atoms with Crippen LogP contribution in [0.1, 0.15) is 0 Å². The maximum Gasteiger partial charge on any atom is 0.313 e. The van der Waals surface area contributed by atoms with Crippen molar-refractivity contribution in [2.24, 2.45) is 16.9 Å². The number of benzene rings is 1. The van der Waals surface area contributed by atoms with Gasteiger partial charge in [0.1, 0.15) is 16.8 Å². The summed E-state index contributed by atoms with van der Waals surface area (Å²) < 4.78 is 1.42. The van der Waals surface area contributed by atoms with Crippen LogP contribution in [0.4, 0.5) is 16.2 Å². The van der Waals surface area contributed by atoms with Gasteiger partial charge in [0.25, 0.3) is 0 Å². The third-order valence-electron chi connectivity index (χ3n) is 6.24. The number of aromatic nitrogens is 4. The zero-order valence-corrected chi connectivity index (χ0v) is 22.1. The topological polar surface area (TPSA) is 232 Å². The molecule has 0 aliphatic carbocycles. The minimum Gasteiger partial charge on any atom is -0.481 e. The highest BCUT2D eigenvalue weighted by Crippen LogP contribution is 2.46. The fourth-order valence-electron chi connectivity index (χ4n) is 4.29. The predicted molar refractivity (Wildman–Crippen MR) is 141 cm³/mol. The molecule has 2 fully saturated rings. The fraction of sp³-hybridized carbons (Fsp3) is 0.429. The number of amides is 5. The lowest BCUT2D eigenvalue weighted by atomic mass is 9.89. The fourth-order valence-corrected chi connectivity index (χ4v) is 7.10. The number of carboxylic acids is 1. The Morgan fingerprint density at radius 3 is 2.85 bits per heavy atom. The number of nitrogens with two attached hydrogens (primary N) is 2. The van der Waals surface area contributed by atoms with Crippen molar-refractivity contribution in [1.82, 2.24) is 30.4 Å². The van der Waals surface area contributed by atoms with Crippen molar-refractivity contribution in [2.45, 2.75) is 23.1 Å². The van der Waals surface area contributed by atoms with Crippen LogP contribution < -0.4 is 27.0 Å². The molecule has 2 unspecified atom stereocenters. The highest BCUT2D eigenvalue weighted by molar-refractivity contribution is 8.00. The first-order valence-electron chi connectivity index (χ1n) is 11.6. The van der Waals surface area contributed by atoms with Crippen LogP contribution in [0.25, 0.3) is 0 Å². The van der Waals surface area contributed by atoms with Gasteiger partial charge >= 0.3 is 12.0 Å². The first kappa shape index (κ1) is 28.1. The molecule has 1 aromatic heterocycles. The summed E-state index contributed by atoms with van der Waals surface area (Å²) in [5, 5.41) is 26.4. The van der Waals surface area contributed by atoms with Crippen LogP contribution >= 0.6 is 23.5 Å². The number of β-lactam (4-membered cyclic amide) rings is 1. The van der Waals surface area contributed by atoms with Gasteiger partial charge in [0.05, 0.1) is 13.1 Å². The van der Waals surface area contributed by atoms with Gasteiger partial charge in [-0.15, -0.1) is 16.9 Å². The molecule has 208 valence electrons. The molecular formula is C21H26N10O6S2. The number of primary amides is 1. The molecule has 16 nitrogen and oxygen atoms in total. The summed E-state index contributed by atoms with van der Waals surface area (Å²) in [4.78, 5) is 63.1. The van der Waals surface area contributed by atoms with Crippen molar-refractivity contribution >= 4 is 65.1 Å². The molecular weight excluding hydrogens is 552 g/mol. The minimum absolute atomic E-state index is 0.0650. The molecule has 2 aliphatic heterocycles. The number of aliphatic carboxylic acids is 1. The van der Waals surface area contributed by atoms with Crippen molar-refractivity contribution < 1.29 is 29.1 Å². The van der Waals surface area contributed by atoms with Crippen LogP contribution in [0, 0.1) is 5.41 Å². The highest BCUT2D eigenvalue weighted by Gasteiger charge is 2.59. The number of carbonyl (C=O) groups is 5. The Bertz CT molecular complexity index is 1280. The SMILES string of the molecule is NCC(=O)N(c1cccc(NC=O)c1)C1C(=O)N2CC(CSc3nnnn3CCNC(N)=O)(C(=O)O)CS[C@H]12. The quantitative estimate of drug-likeness (QED) is 0.108. The number of nitrogens with one attached hydrogen (secondary N) is 2. The Labute approximate surface area is 230 Å². The number of tetrazole rings is 1. The van der Waals surface area contributed by atoms with E-state index < -0.39 is 40.6 Å². The summed E-state index contributed by atoms with van der Waals surface area (Å²) in [5.41, 5.74) is 10.2. The first-order chi connectivity index (χ1) is 18.7. The summed E-state index contributed by atoms with van der Waals surface area (Å²) >= 11 is 2.40. The molecule has 2 aliphatic rings. The van der Waals surface area contributed by atoms with Gasteiger partial charge < -0.3 is 32.1 Å². The van der Waals surface area contributed by atoms with Gasteiger partial charge in [0.2, 0.25) is 23.4 Å². The number of fused-ring (bicyclic) bond motifs is 1. The van der Waals surface area contributed by atoms with E-state index in [2.05, 4.69) is 26.2 Å². The molecule has 1 aromatic carbocycles. The number of thioether (sulfide) groups is 2. The zero-order chi connectivity index (χ0) is 28.2. The van der Waals surface area contributed by atoms with Gasteiger partial charge in [-0.3, -0.25) is 24.1 Å². The lowest BCUT2D eigenvalue weighted by Gasteiger charge is -2.56. The largest absolute Gasteiger partial charge is 0.481 e. The van der Waals surface area contributed by atoms with Crippen LogP contribution in [0.2, 0.25) is 0 Å². The second-order valence-electron chi connectivity index (χ2n) is 8.74. The number of rotatable bonds is 12. The molecule has 7 N–H and O–H groups in total. The average molecular weight is 579 g/mol. The molecule has 5 amide bonds. The van der Waals surface area contributed by atoms with E-state index in [1.165, 1.54) is 26.2 Å². The standard InChI is InChI=1S/C21H26N10O6S2/c22-7-14(33)31(13-3-1-2-12(6-13)25-11-32)15-16(34)29-8-21(18(35)36,9-38-17(15)29)10-39-20-26-27-28-30(20)5-4-24-19(23)37/h1-3,6,11,15,17H,4-5,7-10,22H2,(H,25,32)(H,35,36)(H3,23,24,37)/t15?,17-,21?/m1/s1. The lowest BCUT2D eigenvalue weighted by Crippen LogP contribution is -2.75. The molecule has 18 heteroatoms. The third kappa shape index (κ3) is 5.76. The van der Waals surface area contributed by atoms with Gasteiger partial charge in [-0.05, 0) is 28.6 Å². The van der Waals surface area contributed by atoms with Gasteiger partial charge in [-0.2, -0.15) is 0 Å². The molecule has 0 spiro atoms. The molecule has 2 aromatic rings. The molecule has 4 rings (SSSR count). The maximum atomic E-state index is 13.3. The Balaban J connectivity index is 1.48. The average Bonchev–Trinajstić information content (AvgIpc) is 3.37. The molecule has 3 heterocycles. The van der Waals surface area contributed by atoms with Crippen LogP contribution in [-0.4, -0.2) is 103 Å². The van der Waals surface area contributed by atoms with Gasteiger partial charge in [-0.1, -0.05) is 17.8 Å². The van der Waals surface area contributed by atoms with E-state index in [0.29, 0.717) is 22.9 Å². The van der Waals surface area contributed by atoms with E-state index in [1.54, 1.807) is 24.3 Å². The Kier molecular flexibility index (Phi) is 8.56. The molecule has 2 saturated heterocycles.